The summed E-state index contributed by atoms with van der Waals surface area (Å²) in [5.41, 5.74) is 2.43. The molecule has 3 heterocycles. The van der Waals surface area contributed by atoms with Gasteiger partial charge in [0.05, 0.1) is 10.3 Å². The number of Topliss-reactive ketones (excluding diaryl/α,β-unsaturated/α-hetero) is 1. The maximum absolute atomic E-state index is 12.2. The monoisotopic (exact) mass is 338 g/mol. The molecule has 0 spiro atoms. The molecule has 0 radical (unpaired) electrons. The smallest absolute Gasteiger partial charge is 0.236 e. The van der Waals surface area contributed by atoms with Gasteiger partial charge >= 0.3 is 0 Å². The van der Waals surface area contributed by atoms with Crippen LogP contribution in [0.15, 0.2) is 50.9 Å². The maximum atomic E-state index is 12.2. The number of ketones is 1. The highest BCUT2D eigenvalue weighted by Gasteiger charge is 2.18. The average molecular weight is 338 g/mol. The van der Waals surface area contributed by atoms with Crippen molar-refractivity contribution in [3.63, 3.8) is 0 Å². The van der Waals surface area contributed by atoms with Crippen molar-refractivity contribution in [2.75, 3.05) is 0 Å². The zero-order valence-electron chi connectivity index (χ0n) is 13.1. The molecule has 0 N–H and O–H groups in total. The second-order valence-corrected chi connectivity index (χ2v) is 6.72. The molecule has 3 aromatic heterocycles. The van der Waals surface area contributed by atoms with Gasteiger partial charge in [0.1, 0.15) is 17.7 Å². The minimum absolute atomic E-state index is 0.0664. The van der Waals surface area contributed by atoms with E-state index in [0.29, 0.717) is 28.4 Å². The normalized spacial score (nSPS) is 11.5. The first-order valence-electron chi connectivity index (χ1n) is 7.57. The summed E-state index contributed by atoms with van der Waals surface area (Å²) in [6.45, 7) is 3.76. The molecule has 0 saturated heterocycles. The van der Waals surface area contributed by atoms with Crippen molar-refractivity contribution in [3.8, 4) is 22.2 Å². The Bertz CT molecular complexity index is 1010. The molecule has 0 bridgehead atoms. The van der Waals surface area contributed by atoms with Gasteiger partial charge in [-0.3, -0.25) is 4.79 Å². The summed E-state index contributed by atoms with van der Waals surface area (Å²) in [6.07, 6.45) is 1.56. The lowest BCUT2D eigenvalue weighted by atomic mass is 9.99. The predicted molar refractivity (Wildman–Crippen MR) is 92.0 cm³/mol. The van der Waals surface area contributed by atoms with Crippen molar-refractivity contribution in [2.45, 2.75) is 13.8 Å². The van der Waals surface area contributed by atoms with Gasteiger partial charge < -0.3 is 8.94 Å². The Morgan fingerprint density at radius 3 is 2.88 bits per heavy atom. The lowest BCUT2D eigenvalue weighted by Crippen LogP contribution is -2.06. The zero-order valence-corrected chi connectivity index (χ0v) is 14.0. The van der Waals surface area contributed by atoms with Gasteiger partial charge in [0.15, 0.2) is 11.4 Å². The number of hydrogen-bond acceptors (Lipinski definition) is 6. The predicted octanol–water partition coefficient (Wildman–Crippen LogP) is 5.05. The third-order valence-corrected chi connectivity index (χ3v) is 4.62. The number of benzene rings is 1. The summed E-state index contributed by atoms with van der Waals surface area (Å²) >= 11 is 1.56. The first-order chi connectivity index (χ1) is 11.6. The Labute approximate surface area is 141 Å². The van der Waals surface area contributed by atoms with E-state index in [4.69, 9.17) is 8.94 Å². The molecule has 0 fully saturated rings. The molecular formula is C18H14N2O3S. The number of aromatic nitrogens is 2. The molecule has 24 heavy (non-hydrogen) atoms. The Morgan fingerprint density at radius 1 is 1.25 bits per heavy atom. The highest BCUT2D eigenvalue weighted by Crippen LogP contribution is 2.32. The van der Waals surface area contributed by atoms with E-state index in [1.807, 2.05) is 37.4 Å². The van der Waals surface area contributed by atoms with E-state index in [1.54, 1.807) is 29.7 Å². The van der Waals surface area contributed by atoms with Gasteiger partial charge in [-0.1, -0.05) is 25.1 Å². The molecule has 0 atom stereocenters. The number of hydrogen-bond donors (Lipinski definition) is 0. The van der Waals surface area contributed by atoms with E-state index in [-0.39, 0.29) is 11.7 Å². The molecular weight excluding hydrogens is 324 g/mol. The molecule has 4 aromatic rings. The summed E-state index contributed by atoms with van der Waals surface area (Å²) in [7, 11) is 0. The number of carbonyl (C=O) groups excluding carboxylic acids is 1. The molecule has 0 aliphatic heterocycles. The fraction of sp³-hybridized carbons (Fsp3) is 0.167. The van der Waals surface area contributed by atoms with Crippen LogP contribution in [0.25, 0.3) is 33.1 Å². The molecule has 0 aliphatic carbocycles. The highest BCUT2D eigenvalue weighted by molar-refractivity contribution is 7.13. The van der Waals surface area contributed by atoms with Gasteiger partial charge in [0, 0.05) is 11.5 Å². The molecule has 0 saturated carbocycles. The van der Waals surface area contributed by atoms with Gasteiger partial charge in [-0.2, -0.15) is 0 Å². The molecule has 120 valence electrons. The van der Waals surface area contributed by atoms with Crippen LogP contribution in [0.2, 0.25) is 0 Å². The fourth-order valence-electron chi connectivity index (χ4n) is 2.51. The van der Waals surface area contributed by atoms with Crippen molar-refractivity contribution in [3.05, 3.63) is 47.5 Å². The van der Waals surface area contributed by atoms with E-state index in [1.165, 1.54) is 0 Å². The van der Waals surface area contributed by atoms with Crippen LogP contribution in [0.4, 0.5) is 0 Å². The van der Waals surface area contributed by atoms with E-state index in [2.05, 4.69) is 10.1 Å². The number of nitrogens with zero attached hydrogens (tertiary/aromatic N) is 2. The largest absolute Gasteiger partial charge is 0.443 e. The quantitative estimate of drug-likeness (QED) is 0.487. The minimum atomic E-state index is -0.0664. The lowest BCUT2D eigenvalue weighted by molar-refractivity contribution is 0.0939. The van der Waals surface area contributed by atoms with Crippen molar-refractivity contribution in [1.82, 2.24) is 10.1 Å². The Kier molecular flexibility index (Phi) is 3.54. The fourth-order valence-corrected chi connectivity index (χ4v) is 3.16. The number of carbonyl (C=O) groups is 1. The third kappa shape index (κ3) is 2.45. The zero-order chi connectivity index (χ0) is 16.7. The summed E-state index contributed by atoms with van der Waals surface area (Å²) < 4.78 is 10.9. The van der Waals surface area contributed by atoms with E-state index in [0.717, 1.165) is 10.3 Å². The Balaban J connectivity index is 1.79. The standard InChI is InChI=1S/C18H14N2O3S/c1-10(2)17(21)11-5-6-14-12(8-11)16(20-23-14)13-9-22-18(19-13)15-4-3-7-24-15/h3-10H,1-2H3. The van der Waals surface area contributed by atoms with E-state index >= 15 is 0 Å². The van der Waals surface area contributed by atoms with Gasteiger partial charge in [-0.15, -0.1) is 11.3 Å². The molecule has 6 heteroatoms. The van der Waals surface area contributed by atoms with Crippen molar-refractivity contribution in [2.24, 2.45) is 5.92 Å². The summed E-state index contributed by atoms with van der Waals surface area (Å²) in [6, 6.07) is 9.23. The summed E-state index contributed by atoms with van der Waals surface area (Å²) in [4.78, 5) is 17.7. The van der Waals surface area contributed by atoms with Crippen LogP contribution in [0.1, 0.15) is 24.2 Å². The minimum Gasteiger partial charge on any atom is -0.443 e. The maximum Gasteiger partial charge on any atom is 0.236 e. The van der Waals surface area contributed by atoms with Crippen LogP contribution >= 0.6 is 11.3 Å². The number of thiophene rings is 1. The molecule has 5 nitrogen and oxygen atoms in total. The molecule has 0 aliphatic rings. The summed E-state index contributed by atoms with van der Waals surface area (Å²) in [5.74, 6) is 0.567. The average Bonchev–Trinajstić information content (AvgIpc) is 3.31. The second kappa shape index (κ2) is 5.72. The highest BCUT2D eigenvalue weighted by atomic mass is 32.1. The number of fused-ring (bicyclic) bond motifs is 1. The van der Waals surface area contributed by atoms with E-state index in [9.17, 15) is 4.79 Å². The van der Waals surface area contributed by atoms with Crippen molar-refractivity contribution < 1.29 is 13.7 Å². The lowest BCUT2D eigenvalue weighted by Gasteiger charge is -2.03. The third-order valence-electron chi connectivity index (χ3n) is 3.76. The van der Waals surface area contributed by atoms with Crippen LogP contribution < -0.4 is 0 Å². The van der Waals surface area contributed by atoms with Crippen LogP contribution in [0, 0.1) is 5.92 Å². The molecule has 4 rings (SSSR count). The van der Waals surface area contributed by atoms with Gasteiger partial charge in [-0.05, 0) is 29.6 Å². The Hall–Kier alpha value is -2.73. The summed E-state index contributed by atoms with van der Waals surface area (Å²) in [5, 5.41) is 6.82. The van der Waals surface area contributed by atoms with Crippen molar-refractivity contribution in [1.29, 1.82) is 0 Å². The topological polar surface area (TPSA) is 69.1 Å². The van der Waals surface area contributed by atoms with Crippen LogP contribution in [0.5, 0.6) is 0 Å². The molecule has 1 aromatic carbocycles. The van der Waals surface area contributed by atoms with Gasteiger partial charge in [0.25, 0.3) is 0 Å². The van der Waals surface area contributed by atoms with Crippen LogP contribution in [-0.4, -0.2) is 15.9 Å². The van der Waals surface area contributed by atoms with E-state index < -0.39 is 0 Å². The van der Waals surface area contributed by atoms with Gasteiger partial charge in [-0.25, -0.2) is 4.98 Å². The first-order valence-corrected chi connectivity index (χ1v) is 8.45. The number of rotatable bonds is 4. The number of oxazole rings is 1. The molecule has 0 amide bonds. The van der Waals surface area contributed by atoms with Crippen LogP contribution in [0.3, 0.4) is 0 Å². The second-order valence-electron chi connectivity index (χ2n) is 5.78. The van der Waals surface area contributed by atoms with Crippen LogP contribution in [-0.2, 0) is 0 Å². The van der Waals surface area contributed by atoms with Crippen molar-refractivity contribution >= 4 is 28.1 Å². The Morgan fingerprint density at radius 2 is 2.12 bits per heavy atom. The molecule has 0 unspecified atom stereocenters. The first kappa shape index (κ1) is 14.8. The SMILES string of the molecule is CC(C)C(=O)c1ccc2onc(-c3coc(-c4cccs4)n3)c2c1. The van der Waals surface area contributed by atoms with Gasteiger partial charge in [0.2, 0.25) is 5.89 Å².